The van der Waals surface area contributed by atoms with E-state index in [2.05, 4.69) is 34.6 Å². The molecule has 0 spiro atoms. The molecule has 2 atom stereocenters. The van der Waals surface area contributed by atoms with Crippen LogP contribution in [0.15, 0.2) is 0 Å². The molecule has 0 saturated heterocycles. The van der Waals surface area contributed by atoms with Crippen LogP contribution >= 0.6 is 0 Å². The van der Waals surface area contributed by atoms with Gasteiger partial charge in [-0.05, 0) is 24.2 Å². The standard InChI is InChI=1S/C10H22.2C2H6/c1-6-9(4)10(5)7-8(2)3;2*1-2/h8-10H,6-7H2,1-5H3;2*1-2H3. The average Bonchev–Trinajstić information content (AvgIpc) is 2.21. The van der Waals surface area contributed by atoms with E-state index < -0.39 is 0 Å². The fourth-order valence-corrected chi connectivity index (χ4v) is 1.38. The summed E-state index contributed by atoms with van der Waals surface area (Å²) in [7, 11) is 0. The fourth-order valence-electron chi connectivity index (χ4n) is 1.38. The topological polar surface area (TPSA) is 0 Å². The van der Waals surface area contributed by atoms with Crippen LogP contribution in [0.4, 0.5) is 0 Å². The Morgan fingerprint density at radius 1 is 0.714 bits per heavy atom. The maximum Gasteiger partial charge on any atom is -0.0415 e. The Labute approximate surface area is 93.5 Å². The summed E-state index contributed by atoms with van der Waals surface area (Å²) in [6, 6.07) is 0. The van der Waals surface area contributed by atoms with Crippen LogP contribution < -0.4 is 0 Å². The molecule has 0 aromatic heterocycles. The third kappa shape index (κ3) is 14.5. The molecule has 0 aromatic rings. The highest BCUT2D eigenvalue weighted by atomic mass is 14.2. The molecule has 0 saturated carbocycles. The van der Waals surface area contributed by atoms with Crippen LogP contribution in [-0.4, -0.2) is 0 Å². The van der Waals surface area contributed by atoms with Crippen LogP contribution in [0, 0.1) is 17.8 Å². The molecule has 0 nitrogen and oxygen atoms in total. The molecule has 0 aliphatic heterocycles. The van der Waals surface area contributed by atoms with Gasteiger partial charge in [0.1, 0.15) is 0 Å². The first-order valence-electron chi connectivity index (χ1n) is 6.57. The lowest BCUT2D eigenvalue weighted by Crippen LogP contribution is -2.09. The lowest BCUT2D eigenvalue weighted by Gasteiger charge is -2.19. The van der Waals surface area contributed by atoms with Gasteiger partial charge in [0.2, 0.25) is 0 Å². The molecule has 0 fully saturated rings. The second-order valence-electron chi connectivity index (χ2n) is 3.99. The van der Waals surface area contributed by atoms with Crippen LogP contribution in [0.1, 0.15) is 75.2 Å². The molecule has 0 bridgehead atoms. The van der Waals surface area contributed by atoms with Gasteiger partial charge in [-0.2, -0.15) is 0 Å². The van der Waals surface area contributed by atoms with Gasteiger partial charge in [-0.25, -0.2) is 0 Å². The molecule has 0 radical (unpaired) electrons. The van der Waals surface area contributed by atoms with Crippen molar-refractivity contribution < 1.29 is 0 Å². The van der Waals surface area contributed by atoms with Crippen molar-refractivity contribution in [2.24, 2.45) is 17.8 Å². The molecule has 0 aromatic carbocycles. The Balaban J connectivity index is -0.000000266. The van der Waals surface area contributed by atoms with Crippen molar-refractivity contribution in [2.45, 2.75) is 75.2 Å². The van der Waals surface area contributed by atoms with Gasteiger partial charge in [0.05, 0.1) is 0 Å². The minimum Gasteiger partial charge on any atom is -0.0683 e. The minimum atomic E-state index is 0.865. The summed E-state index contributed by atoms with van der Waals surface area (Å²) in [6.45, 7) is 19.6. The van der Waals surface area contributed by atoms with Gasteiger partial charge in [-0.15, -0.1) is 0 Å². The van der Waals surface area contributed by atoms with Crippen molar-refractivity contribution in [1.82, 2.24) is 0 Å². The molecule has 0 heteroatoms. The van der Waals surface area contributed by atoms with E-state index in [0.717, 1.165) is 17.8 Å². The van der Waals surface area contributed by atoms with Crippen LogP contribution in [0.2, 0.25) is 0 Å². The molecule has 0 heterocycles. The predicted molar refractivity (Wildman–Crippen MR) is 70.8 cm³/mol. The van der Waals surface area contributed by atoms with Crippen molar-refractivity contribution in [3.63, 3.8) is 0 Å². The normalized spacial score (nSPS) is 13.3. The minimum absolute atomic E-state index is 0.865. The smallest absolute Gasteiger partial charge is 0.0415 e. The highest BCUT2D eigenvalue weighted by molar-refractivity contribution is 4.61. The first-order valence-corrected chi connectivity index (χ1v) is 6.57. The molecular formula is C14H34. The van der Waals surface area contributed by atoms with Crippen LogP contribution in [0.25, 0.3) is 0 Å². The van der Waals surface area contributed by atoms with Crippen molar-refractivity contribution in [1.29, 1.82) is 0 Å². The largest absolute Gasteiger partial charge is 0.0683 e. The molecule has 0 aliphatic rings. The number of hydrogen-bond donors (Lipinski definition) is 0. The molecule has 0 N–H and O–H groups in total. The Morgan fingerprint density at radius 2 is 1.07 bits per heavy atom. The van der Waals surface area contributed by atoms with E-state index in [1.165, 1.54) is 12.8 Å². The van der Waals surface area contributed by atoms with Gasteiger partial charge in [0, 0.05) is 0 Å². The third-order valence-electron chi connectivity index (χ3n) is 2.46. The Kier molecular flexibility index (Phi) is 21.6. The van der Waals surface area contributed by atoms with Gasteiger partial charge in [0.25, 0.3) is 0 Å². The fraction of sp³-hybridized carbons (Fsp3) is 1.00. The summed E-state index contributed by atoms with van der Waals surface area (Å²) in [4.78, 5) is 0. The summed E-state index contributed by atoms with van der Waals surface area (Å²) in [5.74, 6) is 2.68. The van der Waals surface area contributed by atoms with E-state index in [9.17, 15) is 0 Å². The molecular weight excluding hydrogens is 168 g/mol. The number of rotatable bonds is 4. The van der Waals surface area contributed by atoms with E-state index in [0.29, 0.717) is 0 Å². The molecule has 90 valence electrons. The Morgan fingerprint density at radius 3 is 1.29 bits per heavy atom. The highest BCUT2D eigenvalue weighted by Crippen LogP contribution is 2.21. The van der Waals surface area contributed by atoms with E-state index in [1.807, 2.05) is 27.7 Å². The van der Waals surface area contributed by atoms with E-state index in [1.54, 1.807) is 0 Å². The predicted octanol–water partition coefficient (Wildman–Crippen LogP) is 5.77. The summed E-state index contributed by atoms with van der Waals surface area (Å²) in [5.41, 5.74) is 0. The third-order valence-corrected chi connectivity index (χ3v) is 2.46. The lowest BCUT2D eigenvalue weighted by atomic mass is 9.87. The van der Waals surface area contributed by atoms with Gasteiger partial charge < -0.3 is 0 Å². The quantitative estimate of drug-likeness (QED) is 0.543. The van der Waals surface area contributed by atoms with Crippen LogP contribution in [-0.2, 0) is 0 Å². The van der Waals surface area contributed by atoms with Gasteiger partial charge in [-0.3, -0.25) is 0 Å². The zero-order chi connectivity index (χ0) is 12.1. The zero-order valence-electron chi connectivity index (χ0n) is 12.1. The lowest BCUT2D eigenvalue weighted by molar-refractivity contribution is 0.316. The SMILES string of the molecule is CC.CC.CCC(C)C(C)CC(C)C. The Hall–Kier alpha value is 0. The molecule has 2 unspecified atom stereocenters. The molecule has 0 amide bonds. The van der Waals surface area contributed by atoms with Crippen molar-refractivity contribution >= 4 is 0 Å². The second-order valence-corrected chi connectivity index (χ2v) is 3.99. The first-order chi connectivity index (χ1) is 6.57. The summed E-state index contributed by atoms with van der Waals surface area (Å²) in [6.07, 6.45) is 2.71. The molecule has 0 aliphatic carbocycles. The van der Waals surface area contributed by atoms with Gasteiger partial charge >= 0.3 is 0 Å². The highest BCUT2D eigenvalue weighted by Gasteiger charge is 2.10. The molecule has 0 rings (SSSR count). The van der Waals surface area contributed by atoms with Crippen LogP contribution in [0.3, 0.4) is 0 Å². The second kappa shape index (κ2) is 15.5. The van der Waals surface area contributed by atoms with Gasteiger partial charge in [0.15, 0.2) is 0 Å². The maximum absolute atomic E-state index is 2.37. The van der Waals surface area contributed by atoms with Crippen molar-refractivity contribution in [3.05, 3.63) is 0 Å². The zero-order valence-corrected chi connectivity index (χ0v) is 12.1. The van der Waals surface area contributed by atoms with Gasteiger partial charge in [-0.1, -0.05) is 68.7 Å². The maximum atomic E-state index is 2.37. The van der Waals surface area contributed by atoms with Crippen LogP contribution in [0.5, 0.6) is 0 Å². The summed E-state index contributed by atoms with van der Waals surface area (Å²) >= 11 is 0. The first kappa shape index (κ1) is 19.6. The summed E-state index contributed by atoms with van der Waals surface area (Å²) in [5, 5.41) is 0. The molecule has 14 heavy (non-hydrogen) atoms. The number of hydrogen-bond acceptors (Lipinski definition) is 0. The van der Waals surface area contributed by atoms with Crippen molar-refractivity contribution in [2.75, 3.05) is 0 Å². The summed E-state index contributed by atoms with van der Waals surface area (Å²) < 4.78 is 0. The van der Waals surface area contributed by atoms with E-state index in [4.69, 9.17) is 0 Å². The Bertz CT molecular complexity index is 74.1. The van der Waals surface area contributed by atoms with E-state index in [-0.39, 0.29) is 0 Å². The monoisotopic (exact) mass is 202 g/mol. The van der Waals surface area contributed by atoms with Crippen molar-refractivity contribution in [3.8, 4) is 0 Å². The average molecular weight is 202 g/mol. The van der Waals surface area contributed by atoms with E-state index >= 15 is 0 Å².